The van der Waals surface area contributed by atoms with Crippen molar-refractivity contribution in [3.8, 4) is 11.5 Å². The van der Waals surface area contributed by atoms with Gasteiger partial charge < -0.3 is 19.9 Å². The van der Waals surface area contributed by atoms with Gasteiger partial charge in [-0.2, -0.15) is 0 Å². The van der Waals surface area contributed by atoms with E-state index in [1.54, 1.807) is 42.5 Å². The Hall–Kier alpha value is -3.02. The van der Waals surface area contributed by atoms with Crippen LogP contribution in [0.5, 0.6) is 11.5 Å². The molecule has 0 saturated carbocycles. The number of nitrogens with one attached hydrogen (secondary N) is 1. The fourth-order valence-corrected chi connectivity index (χ4v) is 2.39. The van der Waals surface area contributed by atoms with Crippen LogP contribution in [-0.2, 0) is 4.79 Å². The molecule has 2 aromatic rings. The maximum Gasteiger partial charge on any atom is 0.305 e. The SMILES string of the molecule is O=C(O)CC(NC(=O)c1ccc2c(c1)OCO2)c1ccccc1. The largest absolute Gasteiger partial charge is 0.481 e. The van der Waals surface area contributed by atoms with Crippen LogP contribution >= 0.6 is 0 Å². The van der Waals surface area contributed by atoms with Crippen LogP contribution in [0.3, 0.4) is 0 Å². The van der Waals surface area contributed by atoms with Gasteiger partial charge in [0.05, 0.1) is 12.5 Å². The molecule has 0 spiro atoms. The van der Waals surface area contributed by atoms with Crippen LogP contribution in [0.1, 0.15) is 28.4 Å². The number of carboxylic acid groups (broad SMARTS) is 1. The van der Waals surface area contributed by atoms with Gasteiger partial charge in [-0.25, -0.2) is 0 Å². The van der Waals surface area contributed by atoms with Crippen LogP contribution in [0.2, 0.25) is 0 Å². The molecule has 1 heterocycles. The van der Waals surface area contributed by atoms with E-state index >= 15 is 0 Å². The summed E-state index contributed by atoms with van der Waals surface area (Å²) in [5.41, 5.74) is 1.13. The number of carboxylic acids is 1. The average molecular weight is 313 g/mol. The van der Waals surface area contributed by atoms with E-state index in [0.717, 1.165) is 5.56 Å². The number of rotatable bonds is 5. The van der Waals surface area contributed by atoms with E-state index in [1.165, 1.54) is 0 Å². The van der Waals surface area contributed by atoms with Crippen LogP contribution < -0.4 is 14.8 Å². The van der Waals surface area contributed by atoms with Crippen molar-refractivity contribution in [2.45, 2.75) is 12.5 Å². The maximum atomic E-state index is 12.4. The summed E-state index contributed by atoms with van der Waals surface area (Å²) in [7, 11) is 0. The minimum Gasteiger partial charge on any atom is -0.481 e. The first-order valence-electron chi connectivity index (χ1n) is 7.11. The second-order valence-electron chi connectivity index (χ2n) is 5.10. The maximum absolute atomic E-state index is 12.4. The van der Waals surface area contributed by atoms with Crippen molar-refractivity contribution >= 4 is 11.9 Å². The standard InChI is InChI=1S/C17H15NO5/c19-16(20)9-13(11-4-2-1-3-5-11)18-17(21)12-6-7-14-15(8-12)23-10-22-14/h1-8,13H,9-10H2,(H,18,21)(H,19,20). The number of ether oxygens (including phenoxy) is 2. The Morgan fingerprint density at radius 2 is 1.83 bits per heavy atom. The fraction of sp³-hybridized carbons (Fsp3) is 0.176. The first kappa shape index (κ1) is 14.9. The van der Waals surface area contributed by atoms with Crippen molar-refractivity contribution in [3.63, 3.8) is 0 Å². The molecular formula is C17H15NO5. The van der Waals surface area contributed by atoms with Crippen molar-refractivity contribution in [2.24, 2.45) is 0 Å². The average Bonchev–Trinajstić information content (AvgIpc) is 3.02. The lowest BCUT2D eigenvalue weighted by atomic mass is 10.0. The molecule has 1 aliphatic rings. The molecule has 0 saturated heterocycles. The number of carbonyl (C=O) groups excluding carboxylic acids is 1. The lowest BCUT2D eigenvalue weighted by Crippen LogP contribution is -2.30. The van der Waals surface area contributed by atoms with E-state index in [0.29, 0.717) is 17.1 Å². The summed E-state index contributed by atoms with van der Waals surface area (Å²) >= 11 is 0. The summed E-state index contributed by atoms with van der Waals surface area (Å²) in [5, 5.41) is 11.8. The molecule has 0 radical (unpaired) electrons. The number of aliphatic carboxylic acids is 1. The van der Waals surface area contributed by atoms with Crippen LogP contribution in [0.4, 0.5) is 0 Å². The highest BCUT2D eigenvalue weighted by Gasteiger charge is 2.21. The Morgan fingerprint density at radius 3 is 2.57 bits per heavy atom. The van der Waals surface area contributed by atoms with E-state index in [9.17, 15) is 9.59 Å². The molecule has 6 heteroatoms. The van der Waals surface area contributed by atoms with Gasteiger partial charge in [0.2, 0.25) is 6.79 Å². The Bertz CT molecular complexity index is 729. The summed E-state index contributed by atoms with van der Waals surface area (Å²) in [6.45, 7) is 0.131. The van der Waals surface area contributed by atoms with Gasteiger partial charge in [0.1, 0.15) is 0 Å². The minimum absolute atomic E-state index is 0.131. The van der Waals surface area contributed by atoms with Crippen molar-refractivity contribution in [1.29, 1.82) is 0 Å². The number of hydrogen-bond acceptors (Lipinski definition) is 4. The molecule has 6 nitrogen and oxygen atoms in total. The molecule has 23 heavy (non-hydrogen) atoms. The molecular weight excluding hydrogens is 298 g/mol. The smallest absolute Gasteiger partial charge is 0.305 e. The molecule has 0 aliphatic carbocycles. The third-order valence-electron chi connectivity index (χ3n) is 3.52. The lowest BCUT2D eigenvalue weighted by Gasteiger charge is -2.17. The normalized spacial score (nSPS) is 13.4. The number of carbonyl (C=O) groups is 2. The van der Waals surface area contributed by atoms with Crippen LogP contribution in [-0.4, -0.2) is 23.8 Å². The van der Waals surface area contributed by atoms with E-state index in [1.807, 2.05) is 6.07 Å². The summed E-state index contributed by atoms with van der Waals surface area (Å²) in [6, 6.07) is 13.3. The van der Waals surface area contributed by atoms with Gasteiger partial charge in [0, 0.05) is 5.56 Å². The molecule has 1 atom stereocenters. The number of amides is 1. The zero-order chi connectivity index (χ0) is 16.2. The summed E-state index contributed by atoms with van der Waals surface area (Å²) < 4.78 is 10.5. The van der Waals surface area contributed by atoms with Gasteiger partial charge >= 0.3 is 5.97 Å². The number of fused-ring (bicyclic) bond motifs is 1. The minimum atomic E-state index is -0.982. The zero-order valence-corrected chi connectivity index (χ0v) is 12.2. The Balaban J connectivity index is 1.79. The topological polar surface area (TPSA) is 84.9 Å². The Kier molecular flexibility index (Phi) is 4.14. The highest BCUT2D eigenvalue weighted by atomic mass is 16.7. The van der Waals surface area contributed by atoms with Gasteiger partial charge in [-0.1, -0.05) is 30.3 Å². The van der Waals surface area contributed by atoms with Crippen LogP contribution in [0, 0.1) is 0 Å². The second kappa shape index (κ2) is 6.39. The van der Waals surface area contributed by atoms with Gasteiger partial charge in [0.25, 0.3) is 5.91 Å². The molecule has 0 fully saturated rings. The van der Waals surface area contributed by atoms with E-state index < -0.39 is 12.0 Å². The lowest BCUT2D eigenvalue weighted by molar-refractivity contribution is -0.137. The highest BCUT2D eigenvalue weighted by molar-refractivity contribution is 5.95. The summed E-state index contributed by atoms with van der Waals surface area (Å²) in [4.78, 5) is 23.5. The molecule has 1 amide bonds. The first-order valence-corrected chi connectivity index (χ1v) is 7.11. The Morgan fingerprint density at radius 1 is 1.09 bits per heavy atom. The van der Waals surface area contributed by atoms with Crippen molar-refractivity contribution in [1.82, 2.24) is 5.32 Å². The molecule has 0 bridgehead atoms. The fourth-order valence-electron chi connectivity index (χ4n) is 2.39. The second-order valence-corrected chi connectivity index (χ2v) is 5.10. The van der Waals surface area contributed by atoms with Crippen LogP contribution in [0.25, 0.3) is 0 Å². The van der Waals surface area contributed by atoms with Gasteiger partial charge in [-0.05, 0) is 23.8 Å². The monoisotopic (exact) mass is 313 g/mol. The van der Waals surface area contributed by atoms with Gasteiger partial charge in [-0.15, -0.1) is 0 Å². The predicted octanol–water partition coefficient (Wildman–Crippen LogP) is 2.36. The quantitative estimate of drug-likeness (QED) is 0.885. The van der Waals surface area contributed by atoms with Gasteiger partial charge in [-0.3, -0.25) is 9.59 Å². The molecule has 2 N–H and O–H groups in total. The van der Waals surface area contributed by atoms with Crippen molar-refractivity contribution < 1.29 is 24.2 Å². The zero-order valence-electron chi connectivity index (χ0n) is 12.2. The third-order valence-corrected chi connectivity index (χ3v) is 3.52. The van der Waals surface area contributed by atoms with E-state index in [4.69, 9.17) is 14.6 Å². The third kappa shape index (κ3) is 3.42. The van der Waals surface area contributed by atoms with Crippen LogP contribution in [0.15, 0.2) is 48.5 Å². The molecule has 1 unspecified atom stereocenters. The molecule has 2 aromatic carbocycles. The molecule has 1 aliphatic heterocycles. The summed E-state index contributed by atoms with van der Waals surface area (Å²) in [5.74, 6) is -0.248. The first-order chi connectivity index (χ1) is 11.1. The summed E-state index contributed by atoms with van der Waals surface area (Å²) in [6.07, 6.45) is -0.194. The van der Waals surface area contributed by atoms with Crippen molar-refractivity contribution in [3.05, 3.63) is 59.7 Å². The molecule has 3 rings (SSSR count). The highest BCUT2D eigenvalue weighted by Crippen LogP contribution is 2.32. The Labute approximate surface area is 132 Å². The molecule has 0 aromatic heterocycles. The predicted molar refractivity (Wildman–Crippen MR) is 81.5 cm³/mol. The van der Waals surface area contributed by atoms with E-state index in [-0.39, 0.29) is 19.1 Å². The number of benzene rings is 2. The van der Waals surface area contributed by atoms with Gasteiger partial charge in [0.15, 0.2) is 11.5 Å². The number of hydrogen-bond donors (Lipinski definition) is 2. The van der Waals surface area contributed by atoms with E-state index in [2.05, 4.69) is 5.32 Å². The van der Waals surface area contributed by atoms with Crippen molar-refractivity contribution in [2.75, 3.05) is 6.79 Å². The molecule has 118 valence electrons.